The zero-order chi connectivity index (χ0) is 11.9. The molecule has 0 bridgehead atoms. The van der Waals surface area contributed by atoms with Crippen molar-refractivity contribution in [1.29, 1.82) is 0 Å². The Bertz CT molecular complexity index is 550. The van der Waals surface area contributed by atoms with Crippen LogP contribution in [0.2, 0.25) is 0 Å². The molecule has 16 heavy (non-hydrogen) atoms. The topological polar surface area (TPSA) is 38.9 Å². The minimum Gasteiger partial charge on any atom is -0.324 e. The SMILES string of the molecule is Cc1cc(C(C)N)c2cc(F)cc(F)c2n1. The van der Waals surface area contributed by atoms with E-state index in [4.69, 9.17) is 5.73 Å². The van der Waals surface area contributed by atoms with E-state index in [2.05, 4.69) is 4.98 Å². The highest BCUT2D eigenvalue weighted by Crippen LogP contribution is 2.25. The summed E-state index contributed by atoms with van der Waals surface area (Å²) in [5, 5.41) is 0.443. The summed E-state index contributed by atoms with van der Waals surface area (Å²) in [7, 11) is 0. The number of fused-ring (bicyclic) bond motifs is 1. The number of nitrogens with zero attached hydrogens (tertiary/aromatic N) is 1. The van der Waals surface area contributed by atoms with Crippen molar-refractivity contribution >= 4 is 10.9 Å². The molecule has 2 nitrogen and oxygen atoms in total. The van der Waals surface area contributed by atoms with Crippen LogP contribution in [0.3, 0.4) is 0 Å². The fourth-order valence-corrected chi connectivity index (χ4v) is 1.79. The second-order valence-electron chi connectivity index (χ2n) is 3.93. The fourth-order valence-electron chi connectivity index (χ4n) is 1.79. The molecule has 0 aliphatic carbocycles. The predicted molar refractivity (Wildman–Crippen MR) is 59.0 cm³/mol. The van der Waals surface area contributed by atoms with Gasteiger partial charge in [0.15, 0.2) is 5.82 Å². The Hall–Kier alpha value is -1.55. The van der Waals surface area contributed by atoms with Crippen LogP contribution in [0.5, 0.6) is 0 Å². The van der Waals surface area contributed by atoms with Crippen LogP contribution in [0.25, 0.3) is 10.9 Å². The zero-order valence-electron chi connectivity index (χ0n) is 9.09. The number of aromatic nitrogens is 1. The number of halogens is 2. The molecule has 0 saturated carbocycles. The highest BCUT2D eigenvalue weighted by molar-refractivity contribution is 5.83. The Morgan fingerprint density at radius 1 is 1.25 bits per heavy atom. The van der Waals surface area contributed by atoms with Gasteiger partial charge in [-0.15, -0.1) is 0 Å². The highest BCUT2D eigenvalue weighted by atomic mass is 19.1. The molecule has 1 aromatic heterocycles. The van der Waals surface area contributed by atoms with Gasteiger partial charge in [-0.2, -0.15) is 0 Å². The largest absolute Gasteiger partial charge is 0.324 e. The van der Waals surface area contributed by atoms with E-state index >= 15 is 0 Å². The Morgan fingerprint density at radius 3 is 2.56 bits per heavy atom. The van der Waals surface area contributed by atoms with E-state index in [0.717, 1.165) is 6.07 Å². The van der Waals surface area contributed by atoms with Crippen LogP contribution < -0.4 is 5.73 Å². The lowest BCUT2D eigenvalue weighted by Gasteiger charge is -2.11. The standard InChI is InChI=1S/C12H12F2N2/c1-6-3-9(7(2)15)10-4-8(13)5-11(14)12(10)16-6/h3-5,7H,15H2,1-2H3. The first-order valence-electron chi connectivity index (χ1n) is 5.01. The van der Waals surface area contributed by atoms with Crippen LogP contribution in [0.1, 0.15) is 24.2 Å². The zero-order valence-corrected chi connectivity index (χ0v) is 9.09. The lowest BCUT2D eigenvalue weighted by Crippen LogP contribution is -2.07. The quantitative estimate of drug-likeness (QED) is 0.805. The summed E-state index contributed by atoms with van der Waals surface area (Å²) in [6.45, 7) is 3.53. The maximum Gasteiger partial charge on any atom is 0.152 e. The molecule has 2 aromatic rings. The molecule has 2 N–H and O–H groups in total. The molecule has 1 unspecified atom stereocenters. The molecule has 84 valence electrons. The van der Waals surface area contributed by atoms with Gasteiger partial charge in [-0.1, -0.05) is 0 Å². The van der Waals surface area contributed by atoms with Crippen molar-refractivity contribution in [3.63, 3.8) is 0 Å². The number of nitrogens with two attached hydrogens (primary N) is 1. The first-order valence-corrected chi connectivity index (χ1v) is 5.01. The third kappa shape index (κ3) is 1.76. The van der Waals surface area contributed by atoms with Gasteiger partial charge in [-0.3, -0.25) is 4.98 Å². The monoisotopic (exact) mass is 222 g/mol. The van der Waals surface area contributed by atoms with Crippen molar-refractivity contribution in [2.75, 3.05) is 0 Å². The minimum absolute atomic E-state index is 0.175. The molecule has 0 amide bonds. The molecule has 0 fully saturated rings. The third-order valence-corrected chi connectivity index (χ3v) is 2.48. The second-order valence-corrected chi connectivity index (χ2v) is 3.93. The molecule has 1 heterocycles. The van der Waals surface area contributed by atoms with Crippen molar-refractivity contribution < 1.29 is 8.78 Å². The highest BCUT2D eigenvalue weighted by Gasteiger charge is 2.12. The number of hydrogen-bond donors (Lipinski definition) is 1. The summed E-state index contributed by atoms with van der Waals surface area (Å²) in [4.78, 5) is 4.06. The number of pyridine rings is 1. The Labute approximate surface area is 92.1 Å². The molecular formula is C12H12F2N2. The van der Waals surface area contributed by atoms with E-state index < -0.39 is 11.6 Å². The van der Waals surface area contributed by atoms with Gasteiger partial charge in [0, 0.05) is 23.2 Å². The molecule has 4 heteroatoms. The van der Waals surface area contributed by atoms with Gasteiger partial charge in [-0.05, 0) is 31.5 Å². The summed E-state index contributed by atoms with van der Waals surface area (Å²) < 4.78 is 26.7. The van der Waals surface area contributed by atoms with Gasteiger partial charge in [0.25, 0.3) is 0 Å². The van der Waals surface area contributed by atoms with Crippen molar-refractivity contribution in [3.8, 4) is 0 Å². The minimum atomic E-state index is -0.652. The fraction of sp³-hybridized carbons (Fsp3) is 0.250. The molecule has 0 radical (unpaired) electrons. The van der Waals surface area contributed by atoms with Crippen LogP contribution >= 0.6 is 0 Å². The summed E-state index contributed by atoms with van der Waals surface area (Å²) in [6, 6.07) is 3.57. The van der Waals surface area contributed by atoms with E-state index in [1.807, 2.05) is 0 Å². The molecule has 1 aromatic carbocycles. The van der Waals surface area contributed by atoms with Gasteiger partial charge < -0.3 is 5.73 Å². The number of aryl methyl sites for hydroxylation is 1. The first-order chi connectivity index (χ1) is 7.49. The second kappa shape index (κ2) is 3.79. The summed E-state index contributed by atoms with van der Waals surface area (Å²) in [5.41, 5.74) is 7.33. The van der Waals surface area contributed by atoms with E-state index in [-0.39, 0.29) is 11.6 Å². The lowest BCUT2D eigenvalue weighted by atomic mass is 10.0. The van der Waals surface area contributed by atoms with Crippen molar-refractivity contribution in [2.45, 2.75) is 19.9 Å². The van der Waals surface area contributed by atoms with Crippen molar-refractivity contribution in [1.82, 2.24) is 4.98 Å². The molecule has 0 saturated heterocycles. The Kier molecular flexibility index (Phi) is 2.59. The van der Waals surface area contributed by atoms with E-state index in [1.165, 1.54) is 6.07 Å². The van der Waals surface area contributed by atoms with E-state index in [0.29, 0.717) is 16.6 Å². The molecule has 0 aliphatic heterocycles. The summed E-state index contributed by atoms with van der Waals surface area (Å²) in [6.07, 6.45) is 0. The summed E-state index contributed by atoms with van der Waals surface area (Å²) in [5.74, 6) is -1.27. The van der Waals surface area contributed by atoms with Crippen LogP contribution in [-0.2, 0) is 0 Å². The van der Waals surface area contributed by atoms with Crippen LogP contribution in [0.15, 0.2) is 18.2 Å². The smallest absolute Gasteiger partial charge is 0.152 e. The maximum atomic E-state index is 13.5. The Morgan fingerprint density at radius 2 is 1.94 bits per heavy atom. The Balaban J connectivity index is 2.89. The average molecular weight is 222 g/mol. The van der Waals surface area contributed by atoms with Crippen LogP contribution in [0, 0.1) is 18.6 Å². The van der Waals surface area contributed by atoms with Gasteiger partial charge in [0.05, 0.1) is 0 Å². The first kappa shape index (κ1) is 11.0. The van der Waals surface area contributed by atoms with E-state index in [9.17, 15) is 8.78 Å². The average Bonchev–Trinajstić information content (AvgIpc) is 2.18. The number of benzene rings is 1. The third-order valence-electron chi connectivity index (χ3n) is 2.48. The van der Waals surface area contributed by atoms with Crippen molar-refractivity contribution in [2.24, 2.45) is 5.73 Å². The molecule has 0 spiro atoms. The molecule has 2 rings (SSSR count). The predicted octanol–water partition coefficient (Wildman–Crippen LogP) is 2.84. The maximum absolute atomic E-state index is 13.5. The van der Waals surface area contributed by atoms with Gasteiger partial charge in [-0.25, -0.2) is 8.78 Å². The molecular weight excluding hydrogens is 210 g/mol. The van der Waals surface area contributed by atoms with E-state index in [1.54, 1.807) is 19.9 Å². The summed E-state index contributed by atoms with van der Waals surface area (Å²) >= 11 is 0. The van der Waals surface area contributed by atoms with Crippen LogP contribution in [0.4, 0.5) is 8.78 Å². The molecule has 0 aliphatic rings. The van der Waals surface area contributed by atoms with Gasteiger partial charge >= 0.3 is 0 Å². The number of rotatable bonds is 1. The number of hydrogen-bond acceptors (Lipinski definition) is 2. The molecule has 1 atom stereocenters. The van der Waals surface area contributed by atoms with Crippen molar-refractivity contribution in [3.05, 3.63) is 41.1 Å². The van der Waals surface area contributed by atoms with Gasteiger partial charge in [0.1, 0.15) is 11.3 Å². The van der Waals surface area contributed by atoms with Crippen LogP contribution in [-0.4, -0.2) is 4.98 Å². The lowest BCUT2D eigenvalue weighted by molar-refractivity contribution is 0.590. The normalized spacial score (nSPS) is 13.1. The van der Waals surface area contributed by atoms with Gasteiger partial charge in [0.2, 0.25) is 0 Å².